The third-order valence-corrected chi connectivity index (χ3v) is 4.75. The van der Waals surface area contributed by atoms with E-state index in [4.69, 9.17) is 0 Å². The predicted octanol–water partition coefficient (Wildman–Crippen LogP) is 0.502. The van der Waals surface area contributed by atoms with Crippen molar-refractivity contribution in [2.75, 3.05) is 33.7 Å². The average Bonchev–Trinajstić information content (AvgIpc) is 3.06. The second-order valence-corrected chi connectivity index (χ2v) is 6.73. The minimum atomic E-state index is -3.76. The van der Waals surface area contributed by atoms with Gasteiger partial charge in [-0.3, -0.25) is 0 Å². The Balaban J connectivity index is 2.30. The van der Waals surface area contributed by atoms with E-state index >= 15 is 0 Å². The Hall–Kier alpha value is -0.310. The van der Waals surface area contributed by atoms with Crippen molar-refractivity contribution < 1.29 is 17.2 Å². The lowest BCUT2D eigenvalue weighted by Crippen LogP contribution is -2.42. The molecule has 0 aromatic carbocycles. The van der Waals surface area contributed by atoms with Crippen molar-refractivity contribution in [1.29, 1.82) is 0 Å². The minimum Gasteiger partial charge on any atom is -0.314 e. The molecule has 0 atom stereocenters. The van der Waals surface area contributed by atoms with Gasteiger partial charge in [0, 0.05) is 26.7 Å². The highest BCUT2D eigenvalue weighted by Gasteiger charge is 2.26. The second kappa shape index (κ2) is 6.74. The second-order valence-electron chi connectivity index (χ2n) is 4.58. The number of nitrogens with zero attached hydrogens (tertiary/aromatic N) is 2. The summed E-state index contributed by atoms with van der Waals surface area (Å²) in [6, 6.07) is 0.591. The summed E-state index contributed by atoms with van der Waals surface area (Å²) in [5.41, 5.74) is 0. The fourth-order valence-corrected chi connectivity index (χ4v) is 2.67. The van der Waals surface area contributed by atoms with E-state index < -0.39 is 23.2 Å². The Labute approximate surface area is 107 Å². The number of hydrogen-bond acceptors (Lipinski definition) is 3. The summed E-state index contributed by atoms with van der Waals surface area (Å²) < 4.78 is 49.7. The summed E-state index contributed by atoms with van der Waals surface area (Å²) in [5.74, 6) is 0. The van der Waals surface area contributed by atoms with Gasteiger partial charge in [-0.15, -0.1) is 0 Å². The molecule has 1 fully saturated rings. The van der Waals surface area contributed by atoms with Crippen LogP contribution in [0, 0.1) is 0 Å². The van der Waals surface area contributed by atoms with Gasteiger partial charge < -0.3 is 5.32 Å². The molecule has 1 aliphatic carbocycles. The van der Waals surface area contributed by atoms with Crippen LogP contribution in [0.15, 0.2) is 0 Å². The smallest absolute Gasteiger partial charge is 0.281 e. The van der Waals surface area contributed by atoms with Gasteiger partial charge in [0.25, 0.3) is 16.6 Å². The Bertz CT molecular complexity index is 347. The van der Waals surface area contributed by atoms with E-state index in [0.29, 0.717) is 23.3 Å². The SMILES string of the molecule is CN(CCCNC1CC1)S(=O)(=O)N(C)CC(F)F. The quantitative estimate of drug-likeness (QED) is 0.628. The van der Waals surface area contributed by atoms with E-state index in [0.717, 1.165) is 10.8 Å². The molecule has 1 rings (SSSR count). The molecule has 0 aliphatic heterocycles. The van der Waals surface area contributed by atoms with Crippen LogP contribution in [0.25, 0.3) is 0 Å². The first-order valence-corrected chi connectivity index (χ1v) is 7.43. The van der Waals surface area contributed by atoms with Gasteiger partial charge in [-0.05, 0) is 25.8 Å². The molecule has 108 valence electrons. The van der Waals surface area contributed by atoms with Crippen LogP contribution >= 0.6 is 0 Å². The van der Waals surface area contributed by atoms with E-state index in [9.17, 15) is 17.2 Å². The maximum absolute atomic E-state index is 12.1. The van der Waals surface area contributed by atoms with Crippen LogP contribution in [-0.2, 0) is 10.2 Å². The molecule has 5 nitrogen and oxygen atoms in total. The Morgan fingerprint density at radius 1 is 1.28 bits per heavy atom. The zero-order valence-electron chi connectivity index (χ0n) is 10.8. The first kappa shape index (κ1) is 15.7. The molecule has 18 heavy (non-hydrogen) atoms. The van der Waals surface area contributed by atoms with Gasteiger partial charge in [0.05, 0.1) is 6.54 Å². The van der Waals surface area contributed by atoms with Gasteiger partial charge in [-0.2, -0.15) is 17.0 Å². The molecule has 0 unspecified atom stereocenters. The summed E-state index contributed by atoms with van der Waals surface area (Å²) in [6.07, 6.45) is 0.389. The Kier molecular flexibility index (Phi) is 5.90. The number of alkyl halides is 2. The maximum atomic E-state index is 12.1. The van der Waals surface area contributed by atoms with Crippen molar-refractivity contribution >= 4 is 10.2 Å². The maximum Gasteiger partial charge on any atom is 0.281 e. The molecule has 1 N–H and O–H groups in total. The van der Waals surface area contributed by atoms with Crippen LogP contribution in [0.2, 0.25) is 0 Å². The molecule has 8 heteroatoms. The first-order valence-electron chi connectivity index (χ1n) is 6.03. The van der Waals surface area contributed by atoms with Crippen molar-refractivity contribution in [1.82, 2.24) is 13.9 Å². The molecule has 0 aromatic rings. The molecule has 1 aliphatic rings. The van der Waals surface area contributed by atoms with Crippen LogP contribution in [0.1, 0.15) is 19.3 Å². The highest BCUT2D eigenvalue weighted by molar-refractivity contribution is 7.86. The van der Waals surface area contributed by atoms with E-state index in [1.54, 1.807) is 0 Å². The van der Waals surface area contributed by atoms with Crippen LogP contribution in [0.5, 0.6) is 0 Å². The molecular formula is C10H21F2N3O2S. The number of hydrogen-bond donors (Lipinski definition) is 1. The number of nitrogens with one attached hydrogen (secondary N) is 1. The van der Waals surface area contributed by atoms with Crippen LogP contribution < -0.4 is 5.32 Å². The monoisotopic (exact) mass is 285 g/mol. The normalized spacial score (nSPS) is 17.1. The average molecular weight is 285 g/mol. The topological polar surface area (TPSA) is 52.7 Å². The Morgan fingerprint density at radius 3 is 2.39 bits per heavy atom. The zero-order valence-corrected chi connectivity index (χ0v) is 11.6. The van der Waals surface area contributed by atoms with Crippen molar-refractivity contribution in [3.63, 3.8) is 0 Å². The molecule has 0 amide bonds. The summed E-state index contributed by atoms with van der Waals surface area (Å²) in [6.45, 7) is 0.311. The summed E-state index contributed by atoms with van der Waals surface area (Å²) >= 11 is 0. The number of rotatable bonds is 9. The fraction of sp³-hybridized carbons (Fsp3) is 1.00. The van der Waals surface area contributed by atoms with Gasteiger partial charge in [-0.1, -0.05) is 0 Å². The van der Waals surface area contributed by atoms with Crippen molar-refractivity contribution in [3.8, 4) is 0 Å². The highest BCUT2D eigenvalue weighted by atomic mass is 32.2. The third kappa shape index (κ3) is 5.13. The third-order valence-electron chi connectivity index (χ3n) is 2.84. The van der Waals surface area contributed by atoms with Gasteiger partial charge in [0.15, 0.2) is 0 Å². The predicted molar refractivity (Wildman–Crippen MR) is 65.8 cm³/mol. The van der Waals surface area contributed by atoms with E-state index in [1.165, 1.54) is 26.9 Å². The van der Waals surface area contributed by atoms with E-state index in [-0.39, 0.29) is 0 Å². The van der Waals surface area contributed by atoms with Crippen molar-refractivity contribution in [2.24, 2.45) is 0 Å². The molecule has 1 saturated carbocycles. The summed E-state index contributed by atoms with van der Waals surface area (Å²) in [4.78, 5) is 0. The molecule has 0 saturated heterocycles. The fourth-order valence-electron chi connectivity index (χ4n) is 1.54. The van der Waals surface area contributed by atoms with E-state index in [2.05, 4.69) is 5.32 Å². The number of halogens is 2. The highest BCUT2D eigenvalue weighted by Crippen LogP contribution is 2.18. The standard InChI is InChI=1S/C10H21F2N3O2S/c1-14(7-3-6-13-9-4-5-9)18(16,17)15(2)8-10(11)12/h9-10,13H,3-8H2,1-2H3. The molecule has 0 spiro atoms. The lowest BCUT2D eigenvalue weighted by atomic mass is 10.4. The van der Waals surface area contributed by atoms with Gasteiger partial charge >= 0.3 is 0 Å². The van der Waals surface area contributed by atoms with Crippen LogP contribution in [0.4, 0.5) is 8.78 Å². The van der Waals surface area contributed by atoms with Crippen LogP contribution in [-0.4, -0.2) is 63.2 Å². The van der Waals surface area contributed by atoms with Gasteiger partial charge in [0.2, 0.25) is 0 Å². The van der Waals surface area contributed by atoms with Gasteiger partial charge in [-0.25, -0.2) is 8.78 Å². The lowest BCUT2D eigenvalue weighted by Gasteiger charge is -2.24. The molecule has 0 aromatic heterocycles. The Morgan fingerprint density at radius 2 is 1.89 bits per heavy atom. The zero-order chi connectivity index (χ0) is 13.8. The van der Waals surface area contributed by atoms with E-state index in [1.807, 2.05) is 0 Å². The van der Waals surface area contributed by atoms with Gasteiger partial charge in [0.1, 0.15) is 0 Å². The largest absolute Gasteiger partial charge is 0.314 e. The molecule has 0 radical (unpaired) electrons. The first-order chi connectivity index (χ1) is 8.34. The summed E-state index contributed by atoms with van der Waals surface area (Å²) in [7, 11) is -1.18. The summed E-state index contributed by atoms with van der Waals surface area (Å²) in [5, 5.41) is 3.27. The van der Waals surface area contributed by atoms with Crippen LogP contribution in [0.3, 0.4) is 0 Å². The van der Waals surface area contributed by atoms with Crippen molar-refractivity contribution in [2.45, 2.75) is 31.7 Å². The lowest BCUT2D eigenvalue weighted by molar-refractivity contribution is 0.124. The molecule has 0 heterocycles. The van der Waals surface area contributed by atoms with Crippen molar-refractivity contribution in [3.05, 3.63) is 0 Å². The molecular weight excluding hydrogens is 264 g/mol. The minimum absolute atomic E-state index is 0.329. The molecule has 0 bridgehead atoms.